The van der Waals surface area contributed by atoms with Crippen molar-refractivity contribution in [2.75, 3.05) is 9.62 Å². The number of hydrogen-bond donors (Lipinski definition) is 1. The van der Waals surface area contributed by atoms with Gasteiger partial charge in [0.2, 0.25) is 5.78 Å². The molecule has 0 unspecified atom stereocenters. The van der Waals surface area contributed by atoms with Gasteiger partial charge in [-0.05, 0) is 43.7 Å². The fourth-order valence-corrected chi connectivity index (χ4v) is 4.88. The third-order valence-corrected chi connectivity index (χ3v) is 6.84. The first-order valence-electron chi connectivity index (χ1n) is 9.61. The number of sulfonamides is 1. The van der Waals surface area contributed by atoms with Crippen LogP contribution in [0.15, 0.2) is 83.9 Å². The predicted molar refractivity (Wildman–Crippen MR) is 120 cm³/mol. The van der Waals surface area contributed by atoms with Crippen LogP contribution in [0.4, 0.5) is 11.4 Å². The summed E-state index contributed by atoms with van der Waals surface area (Å²) in [5.41, 5.74) is 4.51. The first kappa shape index (κ1) is 19.9. The third kappa shape index (κ3) is 3.74. The number of nitrogens with zero attached hydrogens (tertiary/aromatic N) is 1. The van der Waals surface area contributed by atoms with E-state index in [-0.39, 0.29) is 11.4 Å². The predicted octanol–water partition coefficient (Wildman–Crippen LogP) is 4.79. The van der Waals surface area contributed by atoms with E-state index in [0.717, 1.165) is 16.7 Å². The van der Waals surface area contributed by atoms with Gasteiger partial charge in [0.05, 0.1) is 12.2 Å². The van der Waals surface area contributed by atoms with Gasteiger partial charge in [-0.15, -0.1) is 0 Å². The van der Waals surface area contributed by atoms with Crippen LogP contribution < -0.4 is 9.62 Å². The fraction of sp³-hybridized carbons (Fsp3) is 0.125. The van der Waals surface area contributed by atoms with Crippen LogP contribution in [0.25, 0.3) is 0 Å². The van der Waals surface area contributed by atoms with Crippen molar-refractivity contribution in [3.63, 3.8) is 0 Å². The number of ketones is 1. The van der Waals surface area contributed by atoms with Crippen molar-refractivity contribution in [2.24, 2.45) is 0 Å². The summed E-state index contributed by atoms with van der Waals surface area (Å²) in [5.74, 6) is -0.509. The Morgan fingerprint density at radius 1 is 0.867 bits per heavy atom. The maximum atomic E-state index is 13.4. The smallest absolute Gasteiger partial charge is 0.270 e. The molecule has 5 nitrogen and oxygen atoms in total. The number of Topliss-reactive ketones (excluding diaryl/α,β-unsaturated/α-hetero) is 1. The van der Waals surface area contributed by atoms with Gasteiger partial charge in [-0.3, -0.25) is 9.10 Å². The molecule has 0 spiro atoms. The molecule has 0 radical (unpaired) electrons. The van der Waals surface area contributed by atoms with E-state index in [1.807, 2.05) is 62.4 Å². The molecule has 1 N–H and O–H groups in total. The minimum Gasteiger partial charge on any atom is -0.360 e. The van der Waals surface area contributed by atoms with E-state index in [9.17, 15) is 13.2 Å². The summed E-state index contributed by atoms with van der Waals surface area (Å²) >= 11 is 0. The van der Waals surface area contributed by atoms with E-state index in [4.69, 9.17) is 0 Å². The molecule has 0 bridgehead atoms. The molecular formula is C24H22N2O3S. The molecule has 3 aromatic carbocycles. The van der Waals surface area contributed by atoms with Crippen LogP contribution >= 0.6 is 0 Å². The molecule has 30 heavy (non-hydrogen) atoms. The number of aryl methyl sites for hydroxylation is 2. The van der Waals surface area contributed by atoms with Crippen LogP contribution in [0.5, 0.6) is 0 Å². The summed E-state index contributed by atoms with van der Waals surface area (Å²) < 4.78 is 28.2. The highest BCUT2D eigenvalue weighted by atomic mass is 32.2. The number of rotatable bonds is 4. The molecule has 0 aliphatic carbocycles. The molecule has 152 valence electrons. The van der Waals surface area contributed by atoms with Crippen molar-refractivity contribution >= 4 is 27.2 Å². The normalized spacial score (nSPS) is 16.4. The van der Waals surface area contributed by atoms with E-state index < -0.39 is 15.8 Å². The van der Waals surface area contributed by atoms with E-state index in [2.05, 4.69) is 5.32 Å². The van der Waals surface area contributed by atoms with Gasteiger partial charge in [0.1, 0.15) is 0 Å². The second-order valence-electron chi connectivity index (χ2n) is 7.36. The number of benzene rings is 3. The van der Waals surface area contributed by atoms with Crippen LogP contribution in [0.3, 0.4) is 0 Å². The van der Waals surface area contributed by atoms with Crippen molar-refractivity contribution in [1.82, 2.24) is 0 Å². The average Bonchev–Trinajstić information content (AvgIpc) is 2.73. The zero-order valence-electron chi connectivity index (χ0n) is 16.8. The molecule has 1 heterocycles. The lowest BCUT2D eigenvalue weighted by Gasteiger charge is -2.31. The zero-order valence-corrected chi connectivity index (χ0v) is 17.6. The highest BCUT2D eigenvalue weighted by molar-refractivity contribution is 7.97. The average molecular weight is 419 g/mol. The second kappa shape index (κ2) is 7.80. The molecule has 0 atom stereocenters. The van der Waals surface area contributed by atoms with Crippen molar-refractivity contribution < 1.29 is 13.2 Å². The van der Waals surface area contributed by atoms with Gasteiger partial charge >= 0.3 is 0 Å². The summed E-state index contributed by atoms with van der Waals surface area (Å²) in [6.45, 7) is 4.10. The van der Waals surface area contributed by atoms with Gasteiger partial charge in [-0.1, -0.05) is 59.7 Å². The fourth-order valence-electron chi connectivity index (χ4n) is 3.35. The van der Waals surface area contributed by atoms with Gasteiger partial charge in [0, 0.05) is 17.5 Å². The van der Waals surface area contributed by atoms with E-state index in [1.54, 1.807) is 24.3 Å². The first-order valence-corrected chi connectivity index (χ1v) is 11.1. The van der Waals surface area contributed by atoms with Crippen molar-refractivity contribution in [3.05, 3.63) is 106 Å². The largest absolute Gasteiger partial charge is 0.360 e. The number of anilines is 2. The van der Waals surface area contributed by atoms with E-state index in [1.165, 1.54) is 10.5 Å². The monoisotopic (exact) mass is 418 g/mol. The van der Waals surface area contributed by atoms with Crippen molar-refractivity contribution in [1.29, 1.82) is 0 Å². The van der Waals surface area contributed by atoms with Gasteiger partial charge in [0.15, 0.2) is 4.91 Å². The summed E-state index contributed by atoms with van der Waals surface area (Å²) in [4.78, 5) is 12.8. The summed E-state index contributed by atoms with van der Waals surface area (Å²) in [6.07, 6.45) is 1.29. The lowest BCUT2D eigenvalue weighted by molar-refractivity contribution is 0.104. The molecular weight excluding hydrogens is 396 g/mol. The Morgan fingerprint density at radius 3 is 2.13 bits per heavy atom. The maximum absolute atomic E-state index is 13.4. The Morgan fingerprint density at radius 2 is 1.47 bits per heavy atom. The molecule has 0 saturated heterocycles. The Balaban J connectivity index is 1.76. The number of allylic oxidation sites excluding steroid dienone is 1. The number of carbonyl (C=O) groups is 1. The molecule has 3 aromatic rings. The van der Waals surface area contributed by atoms with Crippen molar-refractivity contribution in [3.8, 4) is 0 Å². The van der Waals surface area contributed by atoms with Gasteiger partial charge in [-0.2, -0.15) is 0 Å². The van der Waals surface area contributed by atoms with Crippen LogP contribution in [-0.2, 0) is 16.6 Å². The quantitative estimate of drug-likeness (QED) is 0.619. The molecule has 6 heteroatoms. The Kier molecular flexibility index (Phi) is 5.18. The Bertz CT molecular complexity index is 1230. The molecule has 4 rings (SSSR count). The maximum Gasteiger partial charge on any atom is 0.270 e. The Hall–Kier alpha value is -3.38. The SMILES string of the molecule is Cc1ccc(CN2c3ccccc3C(=O)/C(=C\Nc3ccc(C)cc3)S2(=O)=O)cc1. The molecule has 0 aromatic heterocycles. The highest BCUT2D eigenvalue weighted by Crippen LogP contribution is 2.36. The number of hydrogen-bond acceptors (Lipinski definition) is 4. The molecule has 0 amide bonds. The molecule has 1 aliphatic rings. The topological polar surface area (TPSA) is 66.5 Å². The molecule has 0 fully saturated rings. The first-order chi connectivity index (χ1) is 14.4. The van der Waals surface area contributed by atoms with Crippen molar-refractivity contribution in [2.45, 2.75) is 20.4 Å². The standard InChI is InChI=1S/C24H22N2O3S/c1-17-7-11-19(12-8-17)16-26-22-6-4-3-5-21(22)24(27)23(30(26,28)29)15-25-20-13-9-18(2)10-14-20/h3-15,25H,16H2,1-2H3/b23-15+. The van der Waals surface area contributed by atoms with Gasteiger partial charge in [-0.25, -0.2) is 8.42 Å². The summed E-state index contributed by atoms with van der Waals surface area (Å²) in [7, 11) is -4.03. The number of para-hydroxylation sites is 1. The highest BCUT2D eigenvalue weighted by Gasteiger charge is 2.39. The minimum atomic E-state index is -4.03. The summed E-state index contributed by atoms with van der Waals surface area (Å²) in [5, 5.41) is 2.96. The van der Waals surface area contributed by atoms with Gasteiger partial charge < -0.3 is 5.32 Å². The van der Waals surface area contributed by atoms with E-state index in [0.29, 0.717) is 16.9 Å². The number of carbonyl (C=O) groups excluding carboxylic acids is 1. The number of nitrogens with one attached hydrogen (secondary N) is 1. The molecule has 1 aliphatic heterocycles. The third-order valence-electron chi connectivity index (χ3n) is 5.08. The lowest BCUT2D eigenvalue weighted by atomic mass is 10.1. The van der Waals surface area contributed by atoms with Crippen LogP contribution in [0.2, 0.25) is 0 Å². The van der Waals surface area contributed by atoms with Crippen LogP contribution in [0, 0.1) is 13.8 Å². The second-order valence-corrected chi connectivity index (χ2v) is 9.19. The van der Waals surface area contributed by atoms with E-state index >= 15 is 0 Å². The molecule has 0 saturated carbocycles. The van der Waals surface area contributed by atoms with Crippen LogP contribution in [-0.4, -0.2) is 14.2 Å². The summed E-state index contributed by atoms with van der Waals surface area (Å²) in [6, 6.07) is 22.0. The lowest BCUT2D eigenvalue weighted by Crippen LogP contribution is -2.39. The van der Waals surface area contributed by atoms with Gasteiger partial charge in [0.25, 0.3) is 10.0 Å². The minimum absolute atomic E-state index is 0.148. The number of fused-ring (bicyclic) bond motifs is 1. The zero-order chi connectivity index (χ0) is 21.3. The Labute approximate surface area is 176 Å². The van der Waals surface area contributed by atoms with Crippen LogP contribution in [0.1, 0.15) is 27.0 Å².